The summed E-state index contributed by atoms with van der Waals surface area (Å²) in [6.07, 6.45) is 2.80. The molecule has 5 nitrogen and oxygen atoms in total. The summed E-state index contributed by atoms with van der Waals surface area (Å²) in [5.41, 5.74) is 20.4. The van der Waals surface area contributed by atoms with Crippen LogP contribution in [-0.2, 0) is 22.8 Å². The quantitative estimate of drug-likeness (QED) is 0.168. The number of aromatic nitrogens is 1. The topological polar surface area (TPSA) is 41.0 Å². The Kier molecular flexibility index (Phi) is 9.75. The van der Waals surface area contributed by atoms with E-state index in [-0.39, 0.29) is 16.7 Å². The maximum Gasteiger partial charge on any atom is 0.141 e. The molecule has 0 N–H and O–H groups in total. The lowest BCUT2D eigenvalue weighted by atomic mass is 9.72. The van der Waals surface area contributed by atoms with Gasteiger partial charge in [-0.3, -0.25) is 9.89 Å². The van der Waals surface area contributed by atoms with Crippen LogP contribution in [-0.4, -0.2) is 16.4 Å². The second kappa shape index (κ2) is 14.4. The molecule has 0 fully saturated rings. The largest absolute Gasteiger partial charge is 0.457 e. The monoisotopic (exact) mass is 835 g/mol. The van der Waals surface area contributed by atoms with Crippen LogP contribution in [0.4, 0.5) is 22.9 Å². The van der Waals surface area contributed by atoms with E-state index < -0.39 is 11.1 Å². The van der Waals surface area contributed by atoms with Crippen molar-refractivity contribution in [1.82, 2.24) is 4.98 Å². The van der Waals surface area contributed by atoms with Gasteiger partial charge in [0.2, 0.25) is 0 Å². The van der Waals surface area contributed by atoms with Crippen LogP contribution >= 0.6 is 0 Å². The molecule has 0 bridgehead atoms. The molecule has 0 amide bonds. The maximum absolute atomic E-state index is 7.10. The minimum absolute atomic E-state index is 0.0213. The fourth-order valence-corrected chi connectivity index (χ4v) is 10.9. The number of anilines is 4. The molecule has 1 aromatic heterocycles. The first-order valence-electron chi connectivity index (χ1n) is 23.0. The van der Waals surface area contributed by atoms with E-state index in [2.05, 4.69) is 206 Å². The van der Waals surface area contributed by atoms with Crippen molar-refractivity contribution in [3.8, 4) is 11.5 Å². The van der Waals surface area contributed by atoms with Crippen molar-refractivity contribution in [3.63, 3.8) is 0 Å². The highest BCUT2D eigenvalue weighted by Crippen LogP contribution is 2.58. The van der Waals surface area contributed by atoms with Gasteiger partial charge in [0.15, 0.2) is 0 Å². The van der Waals surface area contributed by atoms with Crippen LogP contribution in [0.1, 0.15) is 146 Å². The number of aliphatic imine (C=N–C) groups is 1. The van der Waals surface area contributed by atoms with Crippen LogP contribution in [0.5, 0.6) is 11.5 Å². The van der Waals surface area contributed by atoms with Crippen LogP contribution in [0.2, 0.25) is 0 Å². The highest BCUT2D eigenvalue weighted by Gasteiger charge is 2.62. The van der Waals surface area contributed by atoms with Crippen molar-refractivity contribution in [2.75, 3.05) is 9.80 Å². The van der Waals surface area contributed by atoms with Gasteiger partial charge >= 0.3 is 0 Å². The van der Waals surface area contributed by atoms with Crippen LogP contribution in [0, 0.1) is 48.5 Å². The van der Waals surface area contributed by atoms with Crippen LogP contribution in [0.3, 0.4) is 0 Å². The number of hydrogen-bond donors (Lipinski definition) is 0. The fourth-order valence-electron chi connectivity index (χ4n) is 10.9. The molecule has 3 aliphatic rings. The first kappa shape index (κ1) is 42.6. The Balaban J connectivity index is 1.19. The summed E-state index contributed by atoms with van der Waals surface area (Å²) in [7, 11) is 0. The summed E-state index contributed by atoms with van der Waals surface area (Å²) in [5.74, 6) is 3.81. The number of benzene rings is 5. The Labute approximate surface area is 377 Å². The van der Waals surface area contributed by atoms with Crippen LogP contribution in [0.25, 0.3) is 0 Å². The molecule has 0 saturated carbocycles. The predicted molar refractivity (Wildman–Crippen MR) is 265 cm³/mol. The standard InChI is InChI=1S/C58H66N4O/c1-33(2)41-27-42(53-60-57(15)32-47-38(7)35(4)19-21-48(47)58(57,16)62(53)52-39(8)36(5)26-37(6)40(52)9)29-46(28-41)63-45-25-34(3)24-44(31-45)61-51-22-20-43(55(10,11)12)30-50(51)56(13,14)49-18-17-23-59-54(49)61/h17-31,33H,32H2,1-16H3/t57-,58+/m1/s1. The molecule has 9 rings (SSSR count). The molecule has 5 heteroatoms. The first-order valence-corrected chi connectivity index (χ1v) is 23.0. The van der Waals surface area contributed by atoms with Gasteiger partial charge in [0, 0.05) is 40.9 Å². The molecule has 3 heterocycles. The van der Waals surface area contributed by atoms with Gasteiger partial charge in [0.25, 0.3) is 0 Å². The lowest BCUT2D eigenvalue weighted by Gasteiger charge is -2.44. The number of hydrogen-bond acceptors (Lipinski definition) is 5. The minimum Gasteiger partial charge on any atom is -0.457 e. The second-order valence-electron chi connectivity index (χ2n) is 21.3. The van der Waals surface area contributed by atoms with Crippen molar-refractivity contribution in [1.29, 1.82) is 0 Å². The van der Waals surface area contributed by atoms with E-state index in [0.29, 0.717) is 0 Å². The number of rotatable bonds is 6. The zero-order valence-electron chi connectivity index (χ0n) is 40.6. The molecule has 2 aliphatic heterocycles. The van der Waals surface area contributed by atoms with Gasteiger partial charge in [-0.2, -0.15) is 0 Å². The lowest BCUT2D eigenvalue weighted by Crippen LogP contribution is -2.52. The number of aryl methyl sites for hydroxylation is 4. The van der Waals surface area contributed by atoms with Gasteiger partial charge in [0.1, 0.15) is 23.2 Å². The van der Waals surface area contributed by atoms with Gasteiger partial charge in [-0.25, -0.2) is 4.98 Å². The summed E-state index contributed by atoms with van der Waals surface area (Å²) in [5, 5.41) is 0. The molecule has 0 unspecified atom stereocenters. The number of nitrogens with zero attached hydrogens (tertiary/aromatic N) is 4. The molecular formula is C58H66N4O. The van der Waals surface area contributed by atoms with Gasteiger partial charge in [0.05, 0.1) is 22.5 Å². The van der Waals surface area contributed by atoms with E-state index in [9.17, 15) is 0 Å². The lowest BCUT2D eigenvalue weighted by molar-refractivity contribution is 0.321. The van der Waals surface area contributed by atoms with Crippen molar-refractivity contribution in [2.45, 2.75) is 145 Å². The molecule has 5 aromatic carbocycles. The zero-order chi connectivity index (χ0) is 45.3. The Hall–Kier alpha value is -5.68. The summed E-state index contributed by atoms with van der Waals surface area (Å²) in [4.78, 5) is 15.9. The van der Waals surface area contributed by atoms with Crippen molar-refractivity contribution >= 4 is 28.7 Å². The third-order valence-corrected chi connectivity index (χ3v) is 15.4. The normalized spacial score (nSPS) is 19.8. The molecule has 2 atom stereocenters. The molecule has 6 aromatic rings. The molecule has 0 radical (unpaired) electrons. The van der Waals surface area contributed by atoms with Crippen molar-refractivity contribution < 1.29 is 4.74 Å². The molecule has 0 saturated heterocycles. The zero-order valence-corrected chi connectivity index (χ0v) is 40.6. The van der Waals surface area contributed by atoms with E-state index >= 15 is 0 Å². The predicted octanol–water partition coefficient (Wildman–Crippen LogP) is 15.1. The molecular weight excluding hydrogens is 769 g/mol. The highest BCUT2D eigenvalue weighted by molar-refractivity contribution is 6.14. The van der Waals surface area contributed by atoms with Crippen molar-refractivity contribution in [2.24, 2.45) is 4.99 Å². The summed E-state index contributed by atoms with van der Waals surface area (Å²) >= 11 is 0. The van der Waals surface area contributed by atoms with Crippen molar-refractivity contribution in [3.05, 3.63) is 169 Å². The number of fused-ring (bicyclic) bond motifs is 5. The van der Waals surface area contributed by atoms with E-state index in [1.165, 1.54) is 72.4 Å². The maximum atomic E-state index is 7.10. The van der Waals surface area contributed by atoms with E-state index in [1.807, 2.05) is 6.20 Å². The molecule has 324 valence electrons. The minimum atomic E-state index is -0.413. The SMILES string of the molecule is Cc1cc(Oc2cc(C3=N[C@]4(C)Cc5c(ccc(C)c5C)[C@]4(C)N3c3c(C)c(C)cc(C)c3C)cc(C(C)C)c2)cc(N2c3ccc(C(C)(C)C)cc3C(C)(C)c3cccnc32)c1. The highest BCUT2D eigenvalue weighted by atomic mass is 16.5. The van der Waals surface area contributed by atoms with E-state index in [0.717, 1.165) is 52.1 Å². The Morgan fingerprint density at radius 3 is 2.06 bits per heavy atom. The number of pyridine rings is 1. The van der Waals surface area contributed by atoms with E-state index in [4.69, 9.17) is 14.7 Å². The van der Waals surface area contributed by atoms with Crippen LogP contribution < -0.4 is 14.5 Å². The van der Waals surface area contributed by atoms with Gasteiger partial charge in [-0.15, -0.1) is 0 Å². The molecule has 63 heavy (non-hydrogen) atoms. The Morgan fingerprint density at radius 2 is 1.38 bits per heavy atom. The van der Waals surface area contributed by atoms with Crippen LogP contribution in [0.15, 0.2) is 96.1 Å². The Bertz CT molecular complexity index is 2880. The third-order valence-electron chi connectivity index (χ3n) is 15.4. The van der Waals surface area contributed by atoms with Gasteiger partial charge in [-0.1, -0.05) is 84.9 Å². The van der Waals surface area contributed by atoms with Gasteiger partial charge < -0.3 is 9.64 Å². The number of ether oxygens (including phenoxy) is 1. The summed E-state index contributed by atoms with van der Waals surface area (Å²) in [6, 6.07) is 31.7. The third kappa shape index (κ3) is 6.47. The smallest absolute Gasteiger partial charge is 0.141 e. The summed E-state index contributed by atoms with van der Waals surface area (Å²) in [6.45, 7) is 36.6. The average Bonchev–Trinajstić information content (AvgIpc) is 3.58. The summed E-state index contributed by atoms with van der Waals surface area (Å²) < 4.78 is 7.10. The number of amidine groups is 1. The fraction of sp³-hybridized carbons (Fsp3) is 0.379. The molecule has 0 spiro atoms. The average molecular weight is 835 g/mol. The van der Waals surface area contributed by atoms with Gasteiger partial charge in [-0.05, 0) is 183 Å². The second-order valence-corrected chi connectivity index (χ2v) is 21.3. The molecule has 1 aliphatic carbocycles. The first-order chi connectivity index (χ1) is 29.5. The van der Waals surface area contributed by atoms with E-state index in [1.54, 1.807) is 0 Å². The Morgan fingerprint density at radius 1 is 0.683 bits per heavy atom.